The molecular weight excluding hydrogens is 270 g/mol. The smallest absolute Gasteiger partial charge is 0.149 e. The lowest BCUT2D eigenvalue weighted by Gasteiger charge is -2.15. The molecule has 3 heteroatoms. The minimum atomic E-state index is -1.73. The van der Waals surface area contributed by atoms with Gasteiger partial charge in [0.15, 0.2) is 0 Å². The fourth-order valence-electron chi connectivity index (χ4n) is 2.44. The van der Waals surface area contributed by atoms with Gasteiger partial charge in [-0.1, -0.05) is 12.8 Å². The molecule has 2 aliphatic rings. The first-order valence-electron chi connectivity index (χ1n) is 4.50. The lowest BCUT2D eigenvalue weighted by atomic mass is 10.0. The van der Waals surface area contributed by atoms with Crippen LogP contribution in [0.4, 0.5) is 0 Å². The monoisotopic (exact) mass is 284 g/mol. The minimum absolute atomic E-state index is 0.607. The number of hydrogen-bond acceptors (Lipinski definition) is 1. The minimum Gasteiger partial charge on any atom is -0.312 e. The summed E-state index contributed by atoms with van der Waals surface area (Å²) in [6, 6.07) is 0. The van der Waals surface area contributed by atoms with Crippen LogP contribution in [0.5, 0.6) is 0 Å². The quantitative estimate of drug-likeness (QED) is 0.488. The van der Waals surface area contributed by atoms with E-state index in [9.17, 15) is 4.57 Å². The molecule has 0 amide bonds. The zero-order chi connectivity index (χ0) is 7.90. The summed E-state index contributed by atoms with van der Waals surface area (Å²) >= 11 is 2.29. The molecule has 0 radical (unpaired) electrons. The molecule has 0 spiro atoms. The van der Waals surface area contributed by atoms with Crippen LogP contribution in [0, 0.1) is 0 Å². The van der Waals surface area contributed by atoms with E-state index in [1.807, 2.05) is 0 Å². The highest BCUT2D eigenvalue weighted by atomic mass is 127. The van der Waals surface area contributed by atoms with Gasteiger partial charge in [0.1, 0.15) is 4.78 Å². The summed E-state index contributed by atoms with van der Waals surface area (Å²) in [6.45, 7) is 0. The summed E-state index contributed by atoms with van der Waals surface area (Å²) in [5.41, 5.74) is 1.21. The van der Waals surface area contributed by atoms with Crippen molar-refractivity contribution in [3.63, 3.8) is 0 Å². The molecular formula is C8H14IOP. The lowest BCUT2D eigenvalue weighted by Crippen LogP contribution is -1.98. The Morgan fingerprint density at radius 2 is 1.45 bits per heavy atom. The van der Waals surface area contributed by atoms with Crippen molar-refractivity contribution in [2.75, 3.05) is 0 Å². The molecule has 2 atom stereocenters. The Labute approximate surface area is 81.2 Å². The molecule has 0 aliphatic carbocycles. The molecule has 2 saturated heterocycles. The second kappa shape index (κ2) is 3.02. The Kier molecular flexibility index (Phi) is 2.35. The average molecular weight is 284 g/mol. The van der Waals surface area contributed by atoms with Crippen molar-refractivity contribution in [2.24, 2.45) is 0 Å². The summed E-state index contributed by atoms with van der Waals surface area (Å²) in [4.78, 5) is -1.73. The van der Waals surface area contributed by atoms with E-state index in [1.54, 1.807) is 0 Å². The van der Waals surface area contributed by atoms with Crippen molar-refractivity contribution in [1.29, 1.82) is 0 Å². The van der Waals surface area contributed by atoms with Crippen LogP contribution in [0.1, 0.15) is 38.5 Å². The molecule has 0 aromatic rings. The summed E-state index contributed by atoms with van der Waals surface area (Å²) < 4.78 is 12.2. The molecule has 0 aromatic carbocycles. The third-order valence-electron chi connectivity index (χ3n) is 3.15. The van der Waals surface area contributed by atoms with Gasteiger partial charge in [-0.15, -0.1) is 0 Å². The maximum atomic E-state index is 12.2. The van der Waals surface area contributed by atoms with Gasteiger partial charge in [0.25, 0.3) is 0 Å². The fourth-order valence-corrected chi connectivity index (χ4v) is 8.45. The fraction of sp³-hybridized carbons (Fsp3) is 1.00. The highest BCUT2D eigenvalue weighted by Gasteiger charge is 2.44. The van der Waals surface area contributed by atoms with Crippen LogP contribution in [0.2, 0.25) is 0 Å². The van der Waals surface area contributed by atoms with E-state index in [-0.39, 0.29) is 0 Å². The van der Waals surface area contributed by atoms with E-state index in [0.717, 1.165) is 0 Å². The number of hydrogen-bond donors (Lipinski definition) is 0. The van der Waals surface area contributed by atoms with Crippen molar-refractivity contribution in [3.8, 4) is 0 Å². The Bertz CT molecular complexity index is 186. The molecule has 64 valence electrons. The molecule has 2 bridgehead atoms. The molecule has 2 heterocycles. The summed E-state index contributed by atoms with van der Waals surface area (Å²) in [5, 5.41) is 0. The average Bonchev–Trinajstić information content (AvgIpc) is 2.00. The molecule has 2 fully saturated rings. The Morgan fingerprint density at radius 1 is 1.00 bits per heavy atom. The molecule has 11 heavy (non-hydrogen) atoms. The molecule has 0 aromatic heterocycles. The van der Waals surface area contributed by atoms with Gasteiger partial charge < -0.3 is 4.57 Å². The van der Waals surface area contributed by atoms with E-state index < -0.39 is 4.78 Å². The molecule has 0 N–H and O–H groups in total. The topological polar surface area (TPSA) is 17.1 Å². The van der Waals surface area contributed by atoms with Crippen LogP contribution in [0.15, 0.2) is 0 Å². The van der Waals surface area contributed by atoms with Crippen LogP contribution in [0.3, 0.4) is 0 Å². The van der Waals surface area contributed by atoms with E-state index >= 15 is 0 Å². The van der Waals surface area contributed by atoms with Crippen LogP contribution in [0.25, 0.3) is 0 Å². The summed E-state index contributed by atoms with van der Waals surface area (Å²) in [5.74, 6) is 0. The van der Waals surface area contributed by atoms with Gasteiger partial charge in [-0.2, -0.15) is 0 Å². The standard InChI is InChI=1S/C8H14IOP/c9-11(10)7-3-1-2-4-8(11)6-5-7/h7-8H,1-6H2. The molecule has 2 unspecified atom stereocenters. The first kappa shape index (κ1) is 8.55. The van der Waals surface area contributed by atoms with Gasteiger partial charge in [-0.3, -0.25) is 0 Å². The third-order valence-corrected chi connectivity index (χ3v) is 10.9. The van der Waals surface area contributed by atoms with Crippen molar-refractivity contribution < 1.29 is 4.57 Å². The van der Waals surface area contributed by atoms with Gasteiger partial charge in [-0.05, 0) is 47.7 Å². The Balaban J connectivity index is 2.26. The second-order valence-corrected chi connectivity index (χ2v) is 11.0. The van der Waals surface area contributed by atoms with Gasteiger partial charge >= 0.3 is 0 Å². The normalized spacial score (nSPS) is 50.6. The molecule has 0 saturated carbocycles. The molecule has 1 nitrogen and oxygen atoms in total. The number of rotatable bonds is 0. The molecule has 2 aliphatic heterocycles. The van der Waals surface area contributed by atoms with Crippen LogP contribution in [-0.2, 0) is 4.57 Å². The SMILES string of the molecule is O=P1(I)C2CCCCC1CC2. The van der Waals surface area contributed by atoms with Gasteiger partial charge in [0.2, 0.25) is 0 Å². The zero-order valence-electron chi connectivity index (χ0n) is 6.63. The maximum absolute atomic E-state index is 12.2. The van der Waals surface area contributed by atoms with E-state index in [1.165, 1.54) is 38.5 Å². The van der Waals surface area contributed by atoms with Crippen molar-refractivity contribution in [1.82, 2.24) is 0 Å². The first-order valence-corrected chi connectivity index (χ1v) is 9.13. The Hall–Kier alpha value is 0.960. The van der Waals surface area contributed by atoms with Crippen LogP contribution in [-0.4, -0.2) is 11.3 Å². The highest BCUT2D eigenvalue weighted by molar-refractivity contribution is 14.2. The van der Waals surface area contributed by atoms with Crippen LogP contribution >= 0.6 is 26.8 Å². The van der Waals surface area contributed by atoms with Gasteiger partial charge in [0.05, 0.1) is 0 Å². The van der Waals surface area contributed by atoms with Crippen LogP contribution < -0.4 is 0 Å². The van der Waals surface area contributed by atoms with E-state index in [4.69, 9.17) is 0 Å². The van der Waals surface area contributed by atoms with Gasteiger partial charge in [-0.25, -0.2) is 0 Å². The third kappa shape index (κ3) is 1.41. The summed E-state index contributed by atoms with van der Waals surface area (Å²) in [7, 11) is 0. The first-order chi connectivity index (χ1) is 5.21. The predicted octanol–water partition coefficient (Wildman–Crippen LogP) is 3.80. The van der Waals surface area contributed by atoms with E-state index in [2.05, 4.69) is 22.0 Å². The largest absolute Gasteiger partial charge is 0.312 e. The van der Waals surface area contributed by atoms with Crippen molar-refractivity contribution in [3.05, 3.63) is 0 Å². The lowest BCUT2D eigenvalue weighted by molar-refractivity contribution is 0.556. The second-order valence-electron chi connectivity index (χ2n) is 3.79. The van der Waals surface area contributed by atoms with Crippen molar-refractivity contribution in [2.45, 2.75) is 49.8 Å². The maximum Gasteiger partial charge on any atom is 0.149 e. The predicted molar refractivity (Wildman–Crippen MR) is 56.9 cm³/mol. The van der Waals surface area contributed by atoms with Crippen molar-refractivity contribution >= 4 is 26.8 Å². The Morgan fingerprint density at radius 3 is 1.91 bits per heavy atom. The number of halogens is 1. The van der Waals surface area contributed by atoms with Gasteiger partial charge in [0, 0.05) is 11.3 Å². The number of fused-ring (bicyclic) bond motifs is 2. The zero-order valence-corrected chi connectivity index (χ0v) is 9.68. The van der Waals surface area contributed by atoms with E-state index in [0.29, 0.717) is 11.3 Å². The summed E-state index contributed by atoms with van der Waals surface area (Å²) in [6.07, 6.45) is 7.66. The molecule has 2 rings (SSSR count). The highest BCUT2D eigenvalue weighted by Crippen LogP contribution is 2.72.